The van der Waals surface area contributed by atoms with Crippen molar-refractivity contribution in [2.24, 2.45) is 0 Å². The fourth-order valence-corrected chi connectivity index (χ4v) is 0.558. The van der Waals surface area contributed by atoms with Crippen molar-refractivity contribution < 1.29 is 22.0 Å². The minimum atomic E-state index is -4.69. The minimum absolute atomic E-state index is 0.362. The summed E-state index contributed by atoms with van der Waals surface area (Å²) in [5.74, 6) is -10.8. The van der Waals surface area contributed by atoms with E-state index in [1.807, 2.05) is 0 Å². The van der Waals surface area contributed by atoms with Crippen LogP contribution in [0.1, 0.15) is 6.92 Å². The van der Waals surface area contributed by atoms with Crippen LogP contribution in [0.4, 0.5) is 22.0 Å². The van der Waals surface area contributed by atoms with Gasteiger partial charge in [-0.2, -0.15) is 17.6 Å². The summed E-state index contributed by atoms with van der Waals surface area (Å²) >= 11 is 4.53. The van der Waals surface area contributed by atoms with Crippen molar-refractivity contribution in [3.63, 3.8) is 0 Å². The maximum absolute atomic E-state index is 12.1. The van der Waals surface area contributed by atoms with Gasteiger partial charge in [0.15, 0.2) is 6.17 Å². The molecule has 0 aromatic carbocycles. The molecule has 1 atom stereocenters. The van der Waals surface area contributed by atoms with Gasteiger partial charge in [-0.25, -0.2) is 4.39 Å². The second-order valence-corrected chi connectivity index (χ2v) is 2.34. The molecule has 68 valence electrons. The number of hydrogen-bond acceptors (Lipinski definition) is 0. The van der Waals surface area contributed by atoms with Gasteiger partial charge in [0, 0.05) is 0 Å². The Labute approximate surface area is 65.3 Å². The van der Waals surface area contributed by atoms with Crippen molar-refractivity contribution in [2.45, 2.75) is 24.9 Å². The van der Waals surface area contributed by atoms with Gasteiger partial charge in [-0.05, 0) is 6.92 Å². The minimum Gasteiger partial charge on any atom is -0.241 e. The van der Waals surface area contributed by atoms with E-state index in [9.17, 15) is 22.0 Å². The van der Waals surface area contributed by atoms with Crippen LogP contribution < -0.4 is 0 Å². The molecule has 0 spiro atoms. The van der Waals surface area contributed by atoms with Crippen LogP contribution in [0.15, 0.2) is 0 Å². The lowest BCUT2D eigenvalue weighted by Gasteiger charge is -2.25. The first-order chi connectivity index (χ1) is 4.75. The summed E-state index contributed by atoms with van der Waals surface area (Å²) in [4.78, 5) is 0. The van der Waals surface area contributed by atoms with Crippen LogP contribution in [0.2, 0.25) is 0 Å². The predicted molar refractivity (Wildman–Crippen MR) is 31.2 cm³/mol. The Morgan fingerprint density at radius 3 is 1.73 bits per heavy atom. The molecule has 0 rings (SSSR count). The van der Waals surface area contributed by atoms with Crippen LogP contribution in [0.25, 0.3) is 0 Å². The van der Waals surface area contributed by atoms with E-state index in [2.05, 4.69) is 11.6 Å². The molecule has 0 aliphatic carbocycles. The highest BCUT2D eigenvalue weighted by Crippen LogP contribution is 2.38. The monoisotopic (exact) mass is 196 g/mol. The summed E-state index contributed by atoms with van der Waals surface area (Å²) in [6, 6.07) is 0. The first-order valence-corrected chi connectivity index (χ1v) is 3.25. The lowest BCUT2D eigenvalue weighted by atomic mass is 10.1. The Morgan fingerprint density at radius 1 is 1.27 bits per heavy atom. The van der Waals surface area contributed by atoms with E-state index in [1.54, 1.807) is 0 Å². The van der Waals surface area contributed by atoms with Gasteiger partial charge in [-0.15, -0.1) is 11.6 Å². The van der Waals surface area contributed by atoms with E-state index in [1.165, 1.54) is 0 Å². The molecule has 0 saturated heterocycles. The van der Waals surface area contributed by atoms with Gasteiger partial charge in [-0.3, -0.25) is 0 Å². The van der Waals surface area contributed by atoms with Gasteiger partial charge in [-0.1, -0.05) is 0 Å². The SMILES string of the molecule is CC(F)C(F)(F)C(F)(F)CCl. The molecule has 0 heterocycles. The predicted octanol–water partition coefficient (Wildman–Crippen LogP) is 2.85. The van der Waals surface area contributed by atoms with Crippen LogP contribution in [0.5, 0.6) is 0 Å². The van der Waals surface area contributed by atoms with Gasteiger partial charge >= 0.3 is 11.8 Å². The lowest BCUT2D eigenvalue weighted by molar-refractivity contribution is -0.223. The third-order valence-electron chi connectivity index (χ3n) is 1.16. The first-order valence-electron chi connectivity index (χ1n) is 2.71. The summed E-state index contributed by atoms with van der Waals surface area (Å²) in [5.41, 5.74) is 0. The van der Waals surface area contributed by atoms with Crippen molar-refractivity contribution in [3.8, 4) is 0 Å². The topological polar surface area (TPSA) is 0 Å². The largest absolute Gasteiger partial charge is 0.341 e. The standard InChI is InChI=1S/C5H6ClF5/c1-3(7)5(10,11)4(8,9)2-6/h3H,2H2,1H3. The number of rotatable bonds is 3. The summed E-state index contributed by atoms with van der Waals surface area (Å²) in [6.45, 7) is 0.362. The highest BCUT2D eigenvalue weighted by Gasteiger charge is 2.59. The highest BCUT2D eigenvalue weighted by molar-refractivity contribution is 6.18. The van der Waals surface area contributed by atoms with Gasteiger partial charge in [0.2, 0.25) is 0 Å². The van der Waals surface area contributed by atoms with Gasteiger partial charge < -0.3 is 0 Å². The molecule has 0 bridgehead atoms. The molecular formula is C5H6ClF5. The fourth-order valence-electron chi connectivity index (χ4n) is 0.380. The second-order valence-electron chi connectivity index (χ2n) is 2.08. The van der Waals surface area contributed by atoms with Crippen molar-refractivity contribution in [1.29, 1.82) is 0 Å². The molecule has 0 aromatic rings. The number of alkyl halides is 6. The summed E-state index contributed by atoms with van der Waals surface area (Å²) in [5, 5.41) is 0. The Kier molecular flexibility index (Phi) is 3.11. The highest BCUT2D eigenvalue weighted by atomic mass is 35.5. The maximum atomic E-state index is 12.1. The lowest BCUT2D eigenvalue weighted by Crippen LogP contribution is -2.48. The van der Waals surface area contributed by atoms with Crippen LogP contribution in [0, 0.1) is 0 Å². The normalized spacial score (nSPS) is 16.6. The first kappa shape index (κ1) is 10.9. The maximum Gasteiger partial charge on any atom is 0.341 e. The fraction of sp³-hybridized carbons (Fsp3) is 1.00. The van der Waals surface area contributed by atoms with Gasteiger partial charge in [0.05, 0.1) is 5.88 Å². The second kappa shape index (κ2) is 3.13. The van der Waals surface area contributed by atoms with E-state index in [0.717, 1.165) is 0 Å². The smallest absolute Gasteiger partial charge is 0.241 e. The Hall–Kier alpha value is -0.0600. The Morgan fingerprint density at radius 2 is 1.64 bits per heavy atom. The van der Waals surface area contributed by atoms with Gasteiger partial charge in [0.25, 0.3) is 0 Å². The summed E-state index contributed by atoms with van der Waals surface area (Å²) < 4.78 is 60.2. The van der Waals surface area contributed by atoms with E-state index in [-0.39, 0.29) is 0 Å². The molecule has 0 fully saturated rings. The zero-order valence-corrected chi connectivity index (χ0v) is 6.31. The molecule has 0 radical (unpaired) electrons. The van der Waals surface area contributed by atoms with Crippen molar-refractivity contribution >= 4 is 11.6 Å². The molecule has 1 unspecified atom stereocenters. The molecular weight excluding hydrogens is 190 g/mol. The molecule has 0 N–H and O–H groups in total. The van der Waals surface area contributed by atoms with E-state index >= 15 is 0 Å². The molecule has 0 saturated carbocycles. The average molecular weight is 197 g/mol. The van der Waals surface area contributed by atoms with Crippen molar-refractivity contribution in [3.05, 3.63) is 0 Å². The Bertz CT molecular complexity index is 133. The van der Waals surface area contributed by atoms with Gasteiger partial charge in [0.1, 0.15) is 0 Å². The van der Waals surface area contributed by atoms with Crippen molar-refractivity contribution in [1.82, 2.24) is 0 Å². The molecule has 11 heavy (non-hydrogen) atoms. The van der Waals surface area contributed by atoms with Crippen molar-refractivity contribution in [2.75, 3.05) is 5.88 Å². The molecule has 0 nitrogen and oxygen atoms in total. The van der Waals surface area contributed by atoms with E-state index in [0.29, 0.717) is 6.92 Å². The van der Waals surface area contributed by atoms with E-state index < -0.39 is 23.9 Å². The summed E-state index contributed by atoms with van der Waals surface area (Å²) in [7, 11) is 0. The third kappa shape index (κ3) is 1.95. The molecule has 6 heteroatoms. The van der Waals surface area contributed by atoms with Crippen LogP contribution in [-0.4, -0.2) is 23.9 Å². The third-order valence-corrected chi connectivity index (χ3v) is 1.49. The van der Waals surface area contributed by atoms with Crippen LogP contribution in [0.3, 0.4) is 0 Å². The molecule has 0 aliphatic rings. The quantitative estimate of drug-likeness (QED) is 0.481. The number of hydrogen-bond donors (Lipinski definition) is 0. The summed E-state index contributed by atoms with van der Waals surface area (Å²) in [6.07, 6.45) is -2.91. The molecule has 0 aromatic heterocycles. The zero-order valence-electron chi connectivity index (χ0n) is 5.55. The Balaban J connectivity index is 4.53. The van der Waals surface area contributed by atoms with Crippen LogP contribution in [-0.2, 0) is 0 Å². The van der Waals surface area contributed by atoms with Crippen LogP contribution >= 0.6 is 11.6 Å². The molecule has 0 amide bonds. The zero-order chi connectivity index (χ0) is 9.28. The van der Waals surface area contributed by atoms with E-state index in [4.69, 9.17) is 0 Å². The average Bonchev–Trinajstić information content (AvgIpc) is 1.87. The molecule has 0 aliphatic heterocycles. The number of halogens is 6.